The van der Waals surface area contributed by atoms with Crippen LogP contribution in [-0.2, 0) is 14.6 Å². The molecule has 0 aromatic rings. The Labute approximate surface area is 94.6 Å². The SMILES string of the molecule is C=CC(=O)N1CCSCC1S(=O)(=O)CC. The van der Waals surface area contributed by atoms with Crippen molar-refractivity contribution in [2.75, 3.05) is 23.8 Å². The van der Waals surface area contributed by atoms with Gasteiger partial charge in [0.15, 0.2) is 9.84 Å². The average molecular weight is 249 g/mol. The van der Waals surface area contributed by atoms with E-state index in [1.165, 1.54) is 11.0 Å². The summed E-state index contributed by atoms with van der Waals surface area (Å²) in [5.41, 5.74) is 0. The Bertz CT molecular complexity index is 350. The van der Waals surface area contributed by atoms with Crippen molar-refractivity contribution in [3.8, 4) is 0 Å². The molecule has 6 heteroatoms. The van der Waals surface area contributed by atoms with E-state index < -0.39 is 15.2 Å². The summed E-state index contributed by atoms with van der Waals surface area (Å²) in [6.45, 7) is 5.47. The number of hydrogen-bond donors (Lipinski definition) is 0. The highest BCUT2D eigenvalue weighted by Gasteiger charge is 2.34. The van der Waals surface area contributed by atoms with E-state index in [1.54, 1.807) is 18.7 Å². The minimum atomic E-state index is -3.19. The Hall–Kier alpha value is -0.490. The molecule has 1 saturated heterocycles. The van der Waals surface area contributed by atoms with Crippen LogP contribution < -0.4 is 0 Å². The maximum absolute atomic E-state index is 11.7. The van der Waals surface area contributed by atoms with E-state index in [2.05, 4.69) is 6.58 Å². The Morgan fingerprint density at radius 1 is 1.67 bits per heavy atom. The second kappa shape index (κ2) is 5.03. The first-order chi connectivity index (χ1) is 7.03. The fourth-order valence-electron chi connectivity index (χ4n) is 1.44. The third kappa shape index (κ3) is 2.75. The molecule has 1 heterocycles. The molecule has 0 aromatic carbocycles. The van der Waals surface area contributed by atoms with Gasteiger partial charge in [0.25, 0.3) is 0 Å². The van der Waals surface area contributed by atoms with Gasteiger partial charge in [0.2, 0.25) is 5.91 Å². The zero-order chi connectivity index (χ0) is 11.5. The van der Waals surface area contributed by atoms with Gasteiger partial charge in [-0.1, -0.05) is 13.5 Å². The van der Waals surface area contributed by atoms with Crippen LogP contribution in [0.2, 0.25) is 0 Å². The highest BCUT2D eigenvalue weighted by atomic mass is 32.2. The molecule has 0 saturated carbocycles. The molecule has 1 atom stereocenters. The van der Waals surface area contributed by atoms with Crippen LogP contribution in [0.4, 0.5) is 0 Å². The van der Waals surface area contributed by atoms with Crippen LogP contribution in [0, 0.1) is 0 Å². The molecular weight excluding hydrogens is 234 g/mol. The first-order valence-corrected chi connectivity index (χ1v) is 7.62. The molecule has 1 aliphatic rings. The molecule has 1 rings (SSSR count). The Morgan fingerprint density at radius 3 is 2.87 bits per heavy atom. The molecule has 0 bridgehead atoms. The van der Waals surface area contributed by atoms with Crippen molar-refractivity contribution in [2.24, 2.45) is 0 Å². The largest absolute Gasteiger partial charge is 0.320 e. The van der Waals surface area contributed by atoms with Gasteiger partial charge in [-0.15, -0.1) is 0 Å². The van der Waals surface area contributed by atoms with Gasteiger partial charge in [-0.2, -0.15) is 11.8 Å². The van der Waals surface area contributed by atoms with Gasteiger partial charge in [0.05, 0.1) is 0 Å². The van der Waals surface area contributed by atoms with Crippen LogP contribution in [0.15, 0.2) is 12.7 Å². The zero-order valence-electron chi connectivity index (χ0n) is 8.68. The molecular formula is C9H15NO3S2. The van der Waals surface area contributed by atoms with Gasteiger partial charge in [-0.25, -0.2) is 8.42 Å². The maximum Gasteiger partial charge on any atom is 0.247 e. The van der Waals surface area contributed by atoms with Crippen molar-refractivity contribution in [3.05, 3.63) is 12.7 Å². The van der Waals surface area contributed by atoms with Gasteiger partial charge >= 0.3 is 0 Å². The van der Waals surface area contributed by atoms with Crippen molar-refractivity contribution < 1.29 is 13.2 Å². The fourth-order valence-corrected chi connectivity index (χ4v) is 4.41. The second-order valence-electron chi connectivity index (χ2n) is 3.22. The molecule has 0 aromatic heterocycles. The molecule has 0 aliphatic carbocycles. The Kier molecular flexibility index (Phi) is 4.21. The Balaban J connectivity index is 2.93. The zero-order valence-corrected chi connectivity index (χ0v) is 10.3. The first kappa shape index (κ1) is 12.6. The van der Waals surface area contributed by atoms with E-state index in [9.17, 15) is 13.2 Å². The summed E-state index contributed by atoms with van der Waals surface area (Å²) < 4.78 is 23.5. The predicted octanol–water partition coefficient (Wildman–Crippen LogP) is 0.509. The van der Waals surface area contributed by atoms with Gasteiger partial charge < -0.3 is 4.90 Å². The van der Waals surface area contributed by atoms with Gasteiger partial charge in [0.1, 0.15) is 5.37 Å². The minimum absolute atomic E-state index is 0.0686. The molecule has 86 valence electrons. The summed E-state index contributed by atoms with van der Waals surface area (Å²) in [6, 6.07) is 0. The van der Waals surface area contributed by atoms with Gasteiger partial charge in [-0.05, 0) is 6.08 Å². The quantitative estimate of drug-likeness (QED) is 0.684. The summed E-state index contributed by atoms with van der Waals surface area (Å²) in [7, 11) is -3.19. The lowest BCUT2D eigenvalue weighted by Crippen LogP contribution is -2.50. The Morgan fingerprint density at radius 2 is 2.33 bits per heavy atom. The van der Waals surface area contributed by atoms with E-state index >= 15 is 0 Å². The number of thioether (sulfide) groups is 1. The number of rotatable bonds is 3. The first-order valence-electron chi connectivity index (χ1n) is 4.75. The lowest BCUT2D eigenvalue weighted by atomic mass is 10.4. The molecule has 1 amide bonds. The third-order valence-corrected chi connectivity index (χ3v) is 5.65. The van der Waals surface area contributed by atoms with Gasteiger partial charge in [-0.3, -0.25) is 4.79 Å². The van der Waals surface area contributed by atoms with Crippen LogP contribution in [0.25, 0.3) is 0 Å². The van der Waals surface area contributed by atoms with E-state index in [0.29, 0.717) is 12.3 Å². The summed E-state index contributed by atoms with van der Waals surface area (Å²) >= 11 is 1.57. The standard InChI is InChI=1S/C9H15NO3S2/c1-3-8(11)10-5-6-14-7-9(10)15(12,13)4-2/h3,9H,1,4-7H2,2H3. The van der Waals surface area contributed by atoms with Crippen LogP contribution >= 0.6 is 11.8 Å². The summed E-state index contributed by atoms with van der Waals surface area (Å²) in [6.07, 6.45) is 1.17. The molecule has 1 aliphatic heterocycles. The van der Waals surface area contributed by atoms with E-state index in [4.69, 9.17) is 0 Å². The minimum Gasteiger partial charge on any atom is -0.320 e. The highest BCUT2D eigenvalue weighted by molar-refractivity contribution is 8.01. The van der Waals surface area contributed by atoms with Crippen LogP contribution in [-0.4, -0.2) is 48.4 Å². The lowest BCUT2D eigenvalue weighted by Gasteiger charge is -2.33. The summed E-state index contributed by atoms with van der Waals surface area (Å²) in [5.74, 6) is 1.03. The monoisotopic (exact) mass is 249 g/mol. The van der Waals surface area contributed by atoms with Crippen molar-refractivity contribution >= 4 is 27.5 Å². The van der Waals surface area contributed by atoms with Crippen molar-refractivity contribution in [1.82, 2.24) is 4.90 Å². The number of sulfone groups is 1. The van der Waals surface area contributed by atoms with Crippen molar-refractivity contribution in [2.45, 2.75) is 12.3 Å². The van der Waals surface area contributed by atoms with Crippen LogP contribution in [0.3, 0.4) is 0 Å². The number of hydrogen-bond acceptors (Lipinski definition) is 4. The van der Waals surface area contributed by atoms with Crippen LogP contribution in [0.1, 0.15) is 6.92 Å². The second-order valence-corrected chi connectivity index (χ2v) is 6.81. The molecule has 0 radical (unpaired) electrons. The van der Waals surface area contributed by atoms with Crippen LogP contribution in [0.5, 0.6) is 0 Å². The molecule has 1 unspecified atom stereocenters. The normalized spacial score (nSPS) is 22.5. The van der Waals surface area contributed by atoms with Crippen molar-refractivity contribution in [1.29, 1.82) is 0 Å². The lowest BCUT2D eigenvalue weighted by molar-refractivity contribution is -0.126. The maximum atomic E-state index is 11.7. The number of carbonyl (C=O) groups excluding carboxylic acids is 1. The molecule has 4 nitrogen and oxygen atoms in total. The van der Waals surface area contributed by atoms with Gasteiger partial charge in [0, 0.05) is 23.8 Å². The van der Waals surface area contributed by atoms with E-state index in [1.807, 2.05) is 0 Å². The molecule has 0 spiro atoms. The molecule has 0 N–H and O–H groups in total. The summed E-state index contributed by atoms with van der Waals surface area (Å²) in [4.78, 5) is 12.9. The van der Waals surface area contributed by atoms with E-state index in [-0.39, 0.29) is 11.7 Å². The molecule has 1 fully saturated rings. The molecule has 15 heavy (non-hydrogen) atoms. The van der Waals surface area contributed by atoms with E-state index in [0.717, 1.165) is 5.75 Å². The number of nitrogens with zero attached hydrogens (tertiary/aromatic N) is 1. The van der Waals surface area contributed by atoms with Crippen molar-refractivity contribution in [3.63, 3.8) is 0 Å². The third-order valence-electron chi connectivity index (χ3n) is 2.36. The number of carbonyl (C=O) groups is 1. The smallest absolute Gasteiger partial charge is 0.247 e. The topological polar surface area (TPSA) is 54.5 Å². The fraction of sp³-hybridized carbons (Fsp3) is 0.667. The number of amides is 1. The average Bonchev–Trinajstić information content (AvgIpc) is 2.28. The predicted molar refractivity (Wildman–Crippen MR) is 62.5 cm³/mol. The highest BCUT2D eigenvalue weighted by Crippen LogP contribution is 2.21. The summed E-state index contributed by atoms with van der Waals surface area (Å²) in [5, 5.41) is -0.674.